The lowest BCUT2D eigenvalue weighted by molar-refractivity contribution is 0.0754. The van der Waals surface area contributed by atoms with Crippen molar-refractivity contribution in [2.45, 2.75) is 45.1 Å². The fourth-order valence-corrected chi connectivity index (χ4v) is 5.34. The van der Waals surface area contributed by atoms with Crippen molar-refractivity contribution in [3.63, 3.8) is 0 Å². The second-order valence-corrected chi connectivity index (χ2v) is 10.4. The molecule has 1 amide bonds. The number of likely N-dealkylation sites (tertiary alicyclic amines) is 1. The van der Waals surface area contributed by atoms with Gasteiger partial charge in [0, 0.05) is 37.4 Å². The molecule has 0 atom stereocenters. The van der Waals surface area contributed by atoms with Gasteiger partial charge in [0.1, 0.15) is 5.82 Å². The Morgan fingerprint density at radius 3 is 2.59 bits per heavy atom. The smallest absolute Gasteiger partial charge is 0.256 e. The highest BCUT2D eigenvalue weighted by Gasteiger charge is 2.26. The van der Waals surface area contributed by atoms with Gasteiger partial charge in [-0.25, -0.2) is 4.39 Å². The van der Waals surface area contributed by atoms with Crippen LogP contribution in [-0.4, -0.2) is 58.0 Å². The molecule has 3 heterocycles. The molecule has 192 valence electrons. The number of benzene rings is 2. The number of amides is 1. The van der Waals surface area contributed by atoms with Crippen molar-refractivity contribution in [3.05, 3.63) is 95.7 Å². The van der Waals surface area contributed by atoms with Crippen molar-refractivity contribution in [1.82, 2.24) is 19.4 Å². The summed E-state index contributed by atoms with van der Waals surface area (Å²) in [5, 5.41) is 1.15. The number of aromatic nitrogens is 2. The van der Waals surface area contributed by atoms with E-state index in [4.69, 9.17) is 0 Å². The third kappa shape index (κ3) is 5.30. The Bertz CT molecular complexity index is 1370. The van der Waals surface area contributed by atoms with E-state index in [1.54, 1.807) is 18.0 Å². The van der Waals surface area contributed by atoms with Crippen LogP contribution in [0.4, 0.5) is 4.39 Å². The molecule has 2 aromatic heterocycles. The topological polar surface area (TPSA) is 41.4 Å². The number of pyridine rings is 1. The van der Waals surface area contributed by atoms with Crippen molar-refractivity contribution < 1.29 is 9.18 Å². The summed E-state index contributed by atoms with van der Waals surface area (Å²) in [6, 6.07) is 17.2. The normalized spacial score (nSPS) is 14.9. The van der Waals surface area contributed by atoms with Crippen molar-refractivity contribution >= 4 is 16.8 Å². The van der Waals surface area contributed by atoms with Crippen LogP contribution in [0.2, 0.25) is 0 Å². The molecule has 0 aliphatic carbocycles. The first-order valence-electron chi connectivity index (χ1n) is 13.2. The van der Waals surface area contributed by atoms with Crippen LogP contribution in [-0.2, 0) is 6.42 Å². The van der Waals surface area contributed by atoms with Crippen molar-refractivity contribution in [3.8, 4) is 5.69 Å². The molecule has 0 N–H and O–H groups in total. The first-order valence-corrected chi connectivity index (χ1v) is 13.2. The average molecular weight is 499 g/mol. The summed E-state index contributed by atoms with van der Waals surface area (Å²) >= 11 is 0. The van der Waals surface area contributed by atoms with Crippen LogP contribution in [0.3, 0.4) is 0 Å². The maximum Gasteiger partial charge on any atom is 0.256 e. The second-order valence-electron chi connectivity index (χ2n) is 10.4. The van der Waals surface area contributed by atoms with E-state index in [0.717, 1.165) is 49.8 Å². The zero-order valence-electron chi connectivity index (χ0n) is 21.9. The molecule has 37 heavy (non-hydrogen) atoms. The summed E-state index contributed by atoms with van der Waals surface area (Å²) < 4.78 is 16.3. The predicted octanol–water partition coefficient (Wildman–Crippen LogP) is 6.07. The van der Waals surface area contributed by atoms with Crippen LogP contribution in [0.5, 0.6) is 0 Å². The van der Waals surface area contributed by atoms with Gasteiger partial charge in [0.15, 0.2) is 0 Å². The monoisotopic (exact) mass is 498 g/mol. The number of rotatable bonds is 7. The average Bonchev–Trinajstić information content (AvgIpc) is 3.31. The van der Waals surface area contributed by atoms with E-state index in [-0.39, 0.29) is 11.9 Å². The molecule has 1 aliphatic rings. The van der Waals surface area contributed by atoms with Crippen molar-refractivity contribution in [2.24, 2.45) is 0 Å². The lowest BCUT2D eigenvalue weighted by atomic mass is 9.89. The minimum atomic E-state index is -0.415. The third-order valence-electron chi connectivity index (χ3n) is 7.77. The van der Waals surface area contributed by atoms with Gasteiger partial charge >= 0.3 is 0 Å². The quantitative estimate of drug-likeness (QED) is 0.311. The highest BCUT2D eigenvalue weighted by molar-refractivity contribution is 5.99. The van der Waals surface area contributed by atoms with E-state index < -0.39 is 5.82 Å². The van der Waals surface area contributed by atoms with Crippen molar-refractivity contribution in [2.75, 3.05) is 26.7 Å². The van der Waals surface area contributed by atoms with Crippen molar-refractivity contribution in [1.29, 1.82) is 0 Å². The number of carbonyl (C=O) groups excluding carboxylic acids is 1. The van der Waals surface area contributed by atoms with Crippen LogP contribution >= 0.6 is 0 Å². The zero-order valence-corrected chi connectivity index (χ0v) is 21.9. The number of halogens is 1. The summed E-state index contributed by atoms with van der Waals surface area (Å²) in [5.41, 5.74) is 4.65. The second kappa shape index (κ2) is 10.9. The third-order valence-corrected chi connectivity index (χ3v) is 7.77. The standard InChI is InChI=1S/C31H35FN4O/c1-22(2)34(3)31(37)27-19-25(32)9-10-29(27)36-21-28(26-11-15-33-20-30(26)36)24-13-17-35(18-14-24)16-12-23-7-5-4-6-8-23/h4-11,15,19-22,24H,12-14,16-18H2,1-3H3. The van der Waals surface area contributed by atoms with Gasteiger partial charge in [-0.3, -0.25) is 9.78 Å². The van der Waals surface area contributed by atoms with E-state index >= 15 is 0 Å². The van der Waals surface area contributed by atoms with Gasteiger partial charge in [-0.15, -0.1) is 0 Å². The highest BCUT2D eigenvalue weighted by Crippen LogP contribution is 2.36. The lowest BCUT2D eigenvalue weighted by Gasteiger charge is -2.32. The summed E-state index contributed by atoms with van der Waals surface area (Å²) in [7, 11) is 1.76. The molecule has 2 aromatic carbocycles. The Morgan fingerprint density at radius 2 is 1.86 bits per heavy atom. The molecule has 5 rings (SSSR count). The number of fused-ring (bicyclic) bond motifs is 1. The van der Waals surface area contributed by atoms with E-state index in [2.05, 4.69) is 52.5 Å². The van der Waals surface area contributed by atoms with Crippen LogP contribution in [0.15, 0.2) is 73.2 Å². The molecule has 1 fully saturated rings. The molecular formula is C31H35FN4O. The predicted molar refractivity (Wildman–Crippen MR) is 147 cm³/mol. The van der Waals surface area contributed by atoms with Crippen LogP contribution in [0.1, 0.15) is 54.1 Å². The molecule has 0 bridgehead atoms. The highest BCUT2D eigenvalue weighted by atomic mass is 19.1. The summed E-state index contributed by atoms with van der Waals surface area (Å²) in [6.45, 7) is 7.11. The summed E-state index contributed by atoms with van der Waals surface area (Å²) in [4.78, 5) is 21.9. The fraction of sp³-hybridized carbons (Fsp3) is 0.355. The Balaban J connectivity index is 1.42. The van der Waals surface area contributed by atoms with E-state index in [1.807, 2.05) is 30.8 Å². The molecular weight excluding hydrogens is 463 g/mol. The first kappa shape index (κ1) is 25.2. The minimum absolute atomic E-state index is 0.00864. The lowest BCUT2D eigenvalue weighted by Crippen LogP contribution is -2.34. The Morgan fingerprint density at radius 1 is 1.11 bits per heavy atom. The van der Waals surface area contributed by atoms with Crippen LogP contribution in [0, 0.1) is 5.82 Å². The number of hydrogen-bond donors (Lipinski definition) is 0. The Kier molecular flexibility index (Phi) is 7.38. The SMILES string of the molecule is CC(C)N(C)C(=O)c1cc(F)ccc1-n1cc(C2CCN(CCc3ccccc3)CC2)c2ccncc21. The van der Waals surface area contributed by atoms with Gasteiger partial charge in [0.25, 0.3) is 5.91 Å². The number of carbonyl (C=O) groups is 1. The first-order chi connectivity index (χ1) is 17.9. The molecule has 6 heteroatoms. The van der Waals surface area contributed by atoms with E-state index in [1.165, 1.54) is 23.3 Å². The Hall–Kier alpha value is -3.51. The maximum atomic E-state index is 14.3. The minimum Gasteiger partial charge on any atom is -0.339 e. The van der Waals surface area contributed by atoms with Gasteiger partial charge in [-0.2, -0.15) is 0 Å². The molecule has 0 spiro atoms. The Labute approximate surface area is 218 Å². The molecule has 0 saturated carbocycles. The number of nitrogens with zero attached hydrogens (tertiary/aromatic N) is 4. The molecule has 0 unspecified atom stereocenters. The molecule has 1 saturated heterocycles. The van der Waals surface area contributed by atoms with Gasteiger partial charge in [-0.05, 0) is 87.5 Å². The van der Waals surface area contributed by atoms with E-state index in [0.29, 0.717) is 17.2 Å². The largest absolute Gasteiger partial charge is 0.339 e. The van der Waals surface area contributed by atoms with Gasteiger partial charge in [-0.1, -0.05) is 30.3 Å². The number of piperidine rings is 1. The molecule has 4 aromatic rings. The van der Waals surface area contributed by atoms with Gasteiger partial charge in [0.2, 0.25) is 0 Å². The van der Waals surface area contributed by atoms with Gasteiger partial charge < -0.3 is 14.4 Å². The fourth-order valence-electron chi connectivity index (χ4n) is 5.34. The molecule has 1 aliphatic heterocycles. The number of hydrogen-bond acceptors (Lipinski definition) is 3. The maximum absolute atomic E-state index is 14.3. The summed E-state index contributed by atoms with van der Waals surface area (Å²) in [6.07, 6.45) is 9.06. The zero-order chi connectivity index (χ0) is 25.9. The van der Waals surface area contributed by atoms with Crippen LogP contribution < -0.4 is 0 Å². The molecule has 0 radical (unpaired) electrons. The van der Waals surface area contributed by atoms with Crippen LogP contribution in [0.25, 0.3) is 16.6 Å². The van der Waals surface area contributed by atoms with Gasteiger partial charge in [0.05, 0.1) is 23.0 Å². The molecule has 5 nitrogen and oxygen atoms in total. The van der Waals surface area contributed by atoms with E-state index in [9.17, 15) is 9.18 Å². The summed E-state index contributed by atoms with van der Waals surface area (Å²) in [5.74, 6) is -0.178.